The number of hydrogen-bond acceptors (Lipinski definition) is 8. The SMILES string of the molecule is COc1ccc2nc(NC(=O)C3CCN(c4ncnc5c4nc4n5CCCCC4)CC3)sc2c1. The third kappa shape index (κ3) is 3.85. The van der Waals surface area contributed by atoms with Crippen molar-refractivity contribution >= 4 is 49.6 Å². The number of fused-ring (bicyclic) bond motifs is 4. The van der Waals surface area contributed by atoms with Gasteiger partial charge in [-0.2, -0.15) is 0 Å². The number of rotatable bonds is 4. The molecule has 1 fully saturated rings. The Balaban J connectivity index is 1.14. The predicted octanol–water partition coefficient (Wildman–Crippen LogP) is 4.03. The zero-order valence-corrected chi connectivity index (χ0v) is 20.0. The van der Waals surface area contributed by atoms with E-state index in [2.05, 4.69) is 29.7 Å². The molecule has 34 heavy (non-hydrogen) atoms. The van der Waals surface area contributed by atoms with Crippen LogP contribution in [-0.4, -0.2) is 50.6 Å². The van der Waals surface area contributed by atoms with Gasteiger partial charge in [-0.05, 0) is 43.9 Å². The van der Waals surface area contributed by atoms with Crippen LogP contribution in [0.5, 0.6) is 5.75 Å². The average molecular weight is 478 g/mol. The lowest BCUT2D eigenvalue weighted by Gasteiger charge is -2.31. The lowest BCUT2D eigenvalue weighted by atomic mass is 9.96. The summed E-state index contributed by atoms with van der Waals surface area (Å²) >= 11 is 1.47. The number of anilines is 2. The maximum Gasteiger partial charge on any atom is 0.229 e. The van der Waals surface area contributed by atoms with Crippen LogP contribution in [0.4, 0.5) is 10.9 Å². The fraction of sp³-hybridized carbons (Fsp3) is 0.458. The van der Waals surface area contributed by atoms with E-state index in [1.54, 1.807) is 13.4 Å². The van der Waals surface area contributed by atoms with Crippen LogP contribution in [0.1, 0.15) is 37.9 Å². The standard InChI is InChI=1S/C24H27N7O2S/c1-33-16-6-7-17-18(13-16)34-24(27-17)29-23(32)15-8-11-30(12-9-15)21-20-22(26-14-25-21)31-10-4-2-3-5-19(31)28-20/h6-7,13-15H,2-5,8-12H2,1H3,(H,27,29,32). The minimum atomic E-state index is -0.0474. The van der Waals surface area contributed by atoms with Gasteiger partial charge >= 0.3 is 0 Å². The number of piperidine rings is 1. The van der Waals surface area contributed by atoms with Crippen molar-refractivity contribution in [2.45, 2.75) is 45.1 Å². The summed E-state index contributed by atoms with van der Waals surface area (Å²) in [6.07, 6.45) is 7.77. The van der Waals surface area contributed by atoms with Crippen LogP contribution in [0.3, 0.4) is 0 Å². The van der Waals surface area contributed by atoms with Crippen LogP contribution >= 0.6 is 11.3 Å². The molecule has 5 heterocycles. The number of amides is 1. The number of aromatic nitrogens is 5. The van der Waals surface area contributed by atoms with E-state index in [1.807, 2.05) is 18.2 Å². The van der Waals surface area contributed by atoms with Crippen LogP contribution in [0.15, 0.2) is 24.5 Å². The first kappa shape index (κ1) is 21.3. The quantitative estimate of drug-likeness (QED) is 0.474. The molecule has 6 rings (SSSR count). The molecule has 0 aliphatic carbocycles. The fourth-order valence-corrected chi connectivity index (χ4v) is 5.90. The third-order valence-electron chi connectivity index (χ3n) is 6.86. The number of aryl methyl sites for hydroxylation is 2. The molecular weight excluding hydrogens is 450 g/mol. The summed E-state index contributed by atoms with van der Waals surface area (Å²) in [5, 5.41) is 3.66. The molecule has 0 saturated carbocycles. The number of benzene rings is 1. The van der Waals surface area contributed by atoms with Gasteiger partial charge in [-0.3, -0.25) is 4.79 Å². The van der Waals surface area contributed by atoms with Crippen molar-refractivity contribution in [2.75, 3.05) is 30.4 Å². The molecule has 0 atom stereocenters. The maximum absolute atomic E-state index is 13.0. The monoisotopic (exact) mass is 477 g/mol. The number of nitrogens with one attached hydrogen (secondary N) is 1. The van der Waals surface area contributed by atoms with Gasteiger partial charge in [0.05, 0.1) is 17.3 Å². The lowest BCUT2D eigenvalue weighted by molar-refractivity contribution is -0.120. The molecule has 3 aromatic heterocycles. The van der Waals surface area contributed by atoms with Crippen molar-refractivity contribution in [2.24, 2.45) is 5.92 Å². The summed E-state index contributed by atoms with van der Waals surface area (Å²) < 4.78 is 8.54. The number of methoxy groups -OCH3 is 1. The molecule has 1 N–H and O–H groups in total. The molecule has 4 aromatic rings. The molecule has 9 nitrogen and oxygen atoms in total. The number of carbonyl (C=O) groups excluding carboxylic acids is 1. The highest BCUT2D eigenvalue weighted by molar-refractivity contribution is 7.22. The number of carbonyl (C=O) groups is 1. The van der Waals surface area contributed by atoms with Crippen molar-refractivity contribution in [3.05, 3.63) is 30.4 Å². The predicted molar refractivity (Wildman–Crippen MR) is 133 cm³/mol. The molecule has 176 valence electrons. The van der Waals surface area contributed by atoms with Crippen LogP contribution in [-0.2, 0) is 17.8 Å². The zero-order valence-electron chi connectivity index (χ0n) is 19.2. The maximum atomic E-state index is 13.0. The second-order valence-electron chi connectivity index (χ2n) is 8.96. The number of thiazole rings is 1. The second-order valence-corrected chi connectivity index (χ2v) is 9.99. The highest BCUT2D eigenvalue weighted by atomic mass is 32.1. The van der Waals surface area contributed by atoms with E-state index < -0.39 is 0 Å². The Morgan fingerprint density at radius 2 is 2.00 bits per heavy atom. The van der Waals surface area contributed by atoms with E-state index >= 15 is 0 Å². The smallest absolute Gasteiger partial charge is 0.229 e. The van der Waals surface area contributed by atoms with Crippen LogP contribution in [0.25, 0.3) is 21.4 Å². The molecule has 2 aliphatic heterocycles. The second kappa shape index (κ2) is 8.83. The van der Waals surface area contributed by atoms with Crippen molar-refractivity contribution in [3.8, 4) is 5.75 Å². The number of nitrogens with zero attached hydrogens (tertiary/aromatic N) is 6. The van der Waals surface area contributed by atoms with E-state index in [-0.39, 0.29) is 11.8 Å². The van der Waals surface area contributed by atoms with Crippen LogP contribution in [0.2, 0.25) is 0 Å². The normalized spacial score (nSPS) is 17.0. The summed E-state index contributed by atoms with van der Waals surface area (Å²) in [4.78, 5) is 33.8. The van der Waals surface area contributed by atoms with Crippen LogP contribution < -0.4 is 15.0 Å². The summed E-state index contributed by atoms with van der Waals surface area (Å²) in [6.45, 7) is 2.51. The third-order valence-corrected chi connectivity index (χ3v) is 7.80. The highest BCUT2D eigenvalue weighted by Crippen LogP contribution is 2.32. The topological polar surface area (TPSA) is 98.1 Å². The largest absolute Gasteiger partial charge is 0.497 e. The summed E-state index contributed by atoms with van der Waals surface area (Å²) in [6, 6.07) is 5.74. The summed E-state index contributed by atoms with van der Waals surface area (Å²) in [5.74, 6) is 2.79. The Labute approximate surface area is 201 Å². The van der Waals surface area contributed by atoms with Crippen molar-refractivity contribution in [3.63, 3.8) is 0 Å². The van der Waals surface area contributed by atoms with Gasteiger partial charge in [-0.25, -0.2) is 19.9 Å². The molecule has 1 aromatic carbocycles. The van der Waals surface area contributed by atoms with Gasteiger partial charge in [0.1, 0.15) is 17.9 Å². The molecule has 1 amide bonds. The van der Waals surface area contributed by atoms with E-state index in [0.717, 1.165) is 77.7 Å². The zero-order chi connectivity index (χ0) is 23.1. The molecule has 0 radical (unpaired) electrons. The first-order valence-electron chi connectivity index (χ1n) is 11.9. The minimum Gasteiger partial charge on any atom is -0.497 e. The van der Waals surface area contributed by atoms with Crippen molar-refractivity contribution in [1.29, 1.82) is 0 Å². The molecular formula is C24H27N7O2S. The first-order chi connectivity index (χ1) is 16.7. The summed E-state index contributed by atoms with van der Waals surface area (Å²) in [7, 11) is 1.64. The van der Waals surface area contributed by atoms with Gasteiger partial charge in [0.2, 0.25) is 5.91 Å². The van der Waals surface area contributed by atoms with E-state index in [4.69, 9.17) is 9.72 Å². The van der Waals surface area contributed by atoms with E-state index in [9.17, 15) is 4.79 Å². The average Bonchev–Trinajstić information content (AvgIpc) is 3.35. The Morgan fingerprint density at radius 3 is 2.85 bits per heavy atom. The first-order valence-corrected chi connectivity index (χ1v) is 12.7. The molecule has 1 saturated heterocycles. The Morgan fingerprint density at radius 1 is 1.12 bits per heavy atom. The highest BCUT2D eigenvalue weighted by Gasteiger charge is 2.28. The Hall–Kier alpha value is -3.27. The van der Waals surface area contributed by atoms with Gasteiger partial charge in [0.25, 0.3) is 0 Å². The Bertz CT molecular complexity index is 1360. The van der Waals surface area contributed by atoms with Gasteiger partial charge in [-0.15, -0.1) is 0 Å². The van der Waals surface area contributed by atoms with E-state index in [0.29, 0.717) is 5.13 Å². The minimum absolute atomic E-state index is 0.0345. The number of imidazole rings is 1. The van der Waals surface area contributed by atoms with Gasteiger partial charge < -0.3 is 19.5 Å². The molecule has 0 unspecified atom stereocenters. The molecule has 10 heteroatoms. The van der Waals surface area contributed by atoms with E-state index in [1.165, 1.54) is 30.6 Å². The molecule has 2 aliphatic rings. The number of ether oxygens (including phenoxy) is 1. The van der Waals surface area contributed by atoms with Gasteiger partial charge in [0, 0.05) is 32.0 Å². The van der Waals surface area contributed by atoms with Crippen LogP contribution in [0, 0.1) is 5.92 Å². The summed E-state index contributed by atoms with van der Waals surface area (Å²) in [5.41, 5.74) is 2.70. The Kier molecular flexibility index (Phi) is 5.52. The lowest BCUT2D eigenvalue weighted by Crippen LogP contribution is -2.38. The van der Waals surface area contributed by atoms with Gasteiger partial charge in [-0.1, -0.05) is 17.8 Å². The van der Waals surface area contributed by atoms with Gasteiger partial charge in [0.15, 0.2) is 22.1 Å². The molecule has 0 spiro atoms. The number of hydrogen-bond donors (Lipinski definition) is 1. The van der Waals surface area contributed by atoms with Crippen molar-refractivity contribution in [1.82, 2.24) is 24.5 Å². The molecule has 0 bridgehead atoms. The fourth-order valence-electron chi connectivity index (χ4n) is 5.00. The van der Waals surface area contributed by atoms with Crippen molar-refractivity contribution < 1.29 is 9.53 Å².